The summed E-state index contributed by atoms with van der Waals surface area (Å²) in [5, 5.41) is 5.95. The zero-order chi connectivity index (χ0) is 19.5. The van der Waals surface area contributed by atoms with Gasteiger partial charge in [0, 0.05) is 23.3 Å². The Morgan fingerprint density at radius 2 is 1.68 bits per heavy atom. The maximum atomic E-state index is 12.4. The summed E-state index contributed by atoms with van der Waals surface area (Å²) in [5.41, 5.74) is 5.81. The molecular formula is C24H22N2O2. The van der Waals surface area contributed by atoms with Crippen molar-refractivity contribution in [1.82, 2.24) is 0 Å². The van der Waals surface area contributed by atoms with Gasteiger partial charge in [0.1, 0.15) is 5.75 Å². The van der Waals surface area contributed by atoms with E-state index in [4.69, 9.17) is 4.74 Å². The number of carbonyl (C=O) groups excluding carboxylic acids is 1. The number of amides is 1. The minimum atomic E-state index is -0.00709. The van der Waals surface area contributed by atoms with Crippen molar-refractivity contribution in [2.45, 2.75) is 19.8 Å². The Morgan fingerprint density at radius 3 is 2.29 bits per heavy atom. The average molecular weight is 370 g/mol. The Labute approximate surface area is 165 Å². The third-order valence-corrected chi connectivity index (χ3v) is 4.84. The summed E-state index contributed by atoms with van der Waals surface area (Å²) in [6.07, 6.45) is 1.07. The van der Waals surface area contributed by atoms with Crippen LogP contribution in [0.25, 0.3) is 11.1 Å². The van der Waals surface area contributed by atoms with Crippen LogP contribution in [0.1, 0.15) is 24.5 Å². The van der Waals surface area contributed by atoms with Gasteiger partial charge in [0.25, 0.3) is 5.91 Å². The fourth-order valence-electron chi connectivity index (χ4n) is 3.57. The van der Waals surface area contributed by atoms with Gasteiger partial charge < -0.3 is 4.74 Å². The van der Waals surface area contributed by atoms with Gasteiger partial charge in [0.05, 0.1) is 19.2 Å². The smallest absolute Gasteiger partial charge is 0.253 e. The fraction of sp³-hybridized carbons (Fsp3) is 0.167. The number of hydrogen-bond donors (Lipinski definition) is 0. The third-order valence-electron chi connectivity index (χ3n) is 4.84. The molecule has 0 N–H and O–H groups in total. The third kappa shape index (κ3) is 3.54. The van der Waals surface area contributed by atoms with Crippen molar-refractivity contribution in [2.24, 2.45) is 5.10 Å². The molecule has 0 aromatic heterocycles. The minimum Gasteiger partial charge on any atom is -0.496 e. The molecule has 0 bridgehead atoms. The highest BCUT2D eigenvalue weighted by Gasteiger charge is 2.25. The van der Waals surface area contributed by atoms with Gasteiger partial charge in [-0.15, -0.1) is 0 Å². The van der Waals surface area contributed by atoms with E-state index >= 15 is 0 Å². The van der Waals surface area contributed by atoms with Crippen molar-refractivity contribution in [3.8, 4) is 16.9 Å². The summed E-state index contributed by atoms with van der Waals surface area (Å²) in [6, 6.07) is 24.3. The highest BCUT2D eigenvalue weighted by Crippen LogP contribution is 2.39. The van der Waals surface area contributed by atoms with Gasteiger partial charge in [-0.2, -0.15) is 5.10 Å². The number of methoxy groups -OCH3 is 1. The predicted molar refractivity (Wildman–Crippen MR) is 113 cm³/mol. The van der Waals surface area contributed by atoms with Gasteiger partial charge in [-0.05, 0) is 30.2 Å². The summed E-state index contributed by atoms with van der Waals surface area (Å²) in [4.78, 5) is 12.4. The molecule has 0 atom stereocenters. The highest BCUT2D eigenvalue weighted by molar-refractivity contribution is 6.12. The van der Waals surface area contributed by atoms with Gasteiger partial charge in [-0.25, -0.2) is 5.01 Å². The topological polar surface area (TPSA) is 41.9 Å². The zero-order valence-corrected chi connectivity index (χ0v) is 16.1. The Kier molecular flexibility index (Phi) is 4.94. The van der Waals surface area contributed by atoms with E-state index in [1.54, 1.807) is 7.11 Å². The van der Waals surface area contributed by atoms with Gasteiger partial charge in [0.15, 0.2) is 0 Å². The van der Waals surface area contributed by atoms with E-state index in [1.807, 2.05) is 67.6 Å². The minimum absolute atomic E-state index is 0.00709. The number of hydrogen-bond acceptors (Lipinski definition) is 3. The lowest BCUT2D eigenvalue weighted by molar-refractivity contribution is -0.116. The Morgan fingerprint density at radius 1 is 1.00 bits per heavy atom. The first kappa shape index (κ1) is 18.0. The van der Waals surface area contributed by atoms with E-state index in [9.17, 15) is 4.79 Å². The molecule has 1 amide bonds. The van der Waals surface area contributed by atoms with Crippen LogP contribution in [0.4, 0.5) is 5.69 Å². The van der Waals surface area contributed by atoms with Gasteiger partial charge in [-0.1, -0.05) is 60.7 Å². The van der Waals surface area contributed by atoms with E-state index in [0.29, 0.717) is 12.8 Å². The van der Waals surface area contributed by atoms with Crippen molar-refractivity contribution < 1.29 is 9.53 Å². The number of rotatable bonds is 5. The van der Waals surface area contributed by atoms with Crippen molar-refractivity contribution in [3.63, 3.8) is 0 Å². The SMILES string of the molecule is COc1c(Cc2ccccc2)cc(N2N=C(C)CC2=O)cc1-c1ccccc1. The zero-order valence-electron chi connectivity index (χ0n) is 16.1. The molecule has 3 aromatic rings. The van der Waals surface area contributed by atoms with Crippen LogP contribution >= 0.6 is 0 Å². The normalized spacial score (nSPS) is 13.6. The molecule has 0 spiro atoms. The molecular weight excluding hydrogens is 348 g/mol. The van der Waals surface area contributed by atoms with Crippen LogP contribution in [0.5, 0.6) is 5.75 Å². The lowest BCUT2D eigenvalue weighted by atomic mass is 9.96. The van der Waals surface area contributed by atoms with Crippen molar-refractivity contribution in [3.05, 3.63) is 83.9 Å². The molecule has 3 aromatic carbocycles. The van der Waals surface area contributed by atoms with E-state index < -0.39 is 0 Å². The lowest BCUT2D eigenvalue weighted by Gasteiger charge is -2.20. The van der Waals surface area contributed by atoms with Crippen molar-refractivity contribution in [2.75, 3.05) is 12.1 Å². The molecule has 1 aliphatic heterocycles. The van der Waals surface area contributed by atoms with Crippen molar-refractivity contribution in [1.29, 1.82) is 0 Å². The lowest BCUT2D eigenvalue weighted by Crippen LogP contribution is -2.20. The molecule has 0 saturated carbocycles. The van der Waals surface area contributed by atoms with Crippen LogP contribution in [0.3, 0.4) is 0 Å². The molecule has 1 aliphatic rings. The van der Waals surface area contributed by atoms with Crippen LogP contribution < -0.4 is 9.75 Å². The first-order valence-electron chi connectivity index (χ1n) is 9.33. The molecule has 1 heterocycles. The van der Waals surface area contributed by atoms with Crippen LogP contribution in [0, 0.1) is 0 Å². The number of hydrazone groups is 1. The van der Waals surface area contributed by atoms with Gasteiger partial charge >= 0.3 is 0 Å². The second kappa shape index (κ2) is 7.69. The molecule has 0 radical (unpaired) electrons. The Hall–Kier alpha value is -3.40. The van der Waals surface area contributed by atoms with E-state index in [2.05, 4.69) is 17.2 Å². The van der Waals surface area contributed by atoms with Crippen LogP contribution in [0.15, 0.2) is 77.9 Å². The molecule has 0 aliphatic carbocycles. The second-order valence-corrected chi connectivity index (χ2v) is 6.93. The van der Waals surface area contributed by atoms with E-state index in [1.165, 1.54) is 10.6 Å². The summed E-state index contributed by atoms with van der Waals surface area (Å²) in [7, 11) is 1.69. The van der Waals surface area contributed by atoms with Crippen LogP contribution in [0.2, 0.25) is 0 Å². The van der Waals surface area contributed by atoms with Crippen LogP contribution in [-0.4, -0.2) is 18.7 Å². The van der Waals surface area contributed by atoms with Gasteiger partial charge in [-0.3, -0.25) is 4.79 Å². The molecule has 4 nitrogen and oxygen atoms in total. The highest BCUT2D eigenvalue weighted by atomic mass is 16.5. The van der Waals surface area contributed by atoms with Crippen LogP contribution in [-0.2, 0) is 11.2 Å². The first-order chi connectivity index (χ1) is 13.7. The summed E-state index contributed by atoms with van der Waals surface area (Å²) in [6.45, 7) is 1.88. The molecule has 140 valence electrons. The Balaban J connectivity index is 1.88. The number of anilines is 1. The maximum Gasteiger partial charge on any atom is 0.253 e. The van der Waals surface area contributed by atoms with Crippen molar-refractivity contribution >= 4 is 17.3 Å². The summed E-state index contributed by atoms with van der Waals surface area (Å²) in [5.74, 6) is 0.818. The average Bonchev–Trinajstić information content (AvgIpc) is 3.07. The molecule has 0 saturated heterocycles. The predicted octanol–water partition coefficient (Wildman–Crippen LogP) is 5.07. The summed E-state index contributed by atoms with van der Waals surface area (Å²) >= 11 is 0. The molecule has 4 heteroatoms. The van der Waals surface area contributed by atoms with E-state index in [-0.39, 0.29) is 5.91 Å². The number of benzene rings is 3. The fourth-order valence-corrected chi connectivity index (χ4v) is 3.57. The Bertz CT molecular complexity index is 1030. The number of carbonyl (C=O) groups is 1. The molecule has 4 rings (SSSR count). The maximum absolute atomic E-state index is 12.4. The number of nitrogens with zero attached hydrogens (tertiary/aromatic N) is 2. The molecule has 0 unspecified atom stereocenters. The largest absolute Gasteiger partial charge is 0.496 e. The number of ether oxygens (including phenoxy) is 1. The monoisotopic (exact) mass is 370 g/mol. The van der Waals surface area contributed by atoms with E-state index in [0.717, 1.165) is 33.8 Å². The quantitative estimate of drug-likeness (QED) is 0.629. The second-order valence-electron chi connectivity index (χ2n) is 6.93. The first-order valence-corrected chi connectivity index (χ1v) is 9.33. The molecule has 28 heavy (non-hydrogen) atoms. The standard InChI is InChI=1S/C24H22N2O2/c1-17-13-23(27)26(25-17)21-15-20(14-18-9-5-3-6-10-18)24(28-2)22(16-21)19-11-7-4-8-12-19/h3-12,15-16H,13-14H2,1-2H3. The summed E-state index contributed by atoms with van der Waals surface area (Å²) < 4.78 is 5.83. The molecule has 0 fully saturated rings. The van der Waals surface area contributed by atoms with Gasteiger partial charge in [0.2, 0.25) is 0 Å².